The molecular weight excluding hydrogens is 360 g/mol. The molecule has 0 aliphatic heterocycles. The summed E-state index contributed by atoms with van der Waals surface area (Å²) in [4.78, 5) is 7.07. The molecule has 0 bridgehead atoms. The molecule has 0 amide bonds. The molecule has 29 heavy (non-hydrogen) atoms. The van der Waals surface area contributed by atoms with E-state index in [1.165, 1.54) is 50.6 Å². The molecule has 1 aliphatic rings. The highest BCUT2D eigenvalue weighted by Crippen LogP contribution is 2.23. The molecule has 0 radical (unpaired) electrons. The van der Waals surface area contributed by atoms with Crippen LogP contribution in [0.25, 0.3) is 0 Å². The summed E-state index contributed by atoms with van der Waals surface area (Å²) in [5.74, 6) is 0.739. The van der Waals surface area contributed by atoms with E-state index in [9.17, 15) is 0 Å². The molecule has 1 saturated carbocycles. The highest BCUT2D eigenvalue weighted by atomic mass is 16.7. The van der Waals surface area contributed by atoms with Crippen molar-refractivity contribution >= 4 is 11.8 Å². The number of para-hydroxylation sites is 1. The van der Waals surface area contributed by atoms with E-state index >= 15 is 0 Å². The van der Waals surface area contributed by atoms with Crippen LogP contribution in [0.2, 0.25) is 0 Å². The van der Waals surface area contributed by atoms with Crippen LogP contribution >= 0.6 is 0 Å². The number of hydrogen-bond acceptors (Lipinski definition) is 4. The minimum absolute atomic E-state index is 0.245. The topological polar surface area (TPSA) is 34.1 Å². The summed E-state index contributed by atoms with van der Waals surface area (Å²) in [6.45, 7) is 4.65. The van der Waals surface area contributed by atoms with E-state index in [0.29, 0.717) is 0 Å². The van der Waals surface area contributed by atoms with Crippen molar-refractivity contribution in [1.29, 1.82) is 0 Å². The van der Waals surface area contributed by atoms with Gasteiger partial charge in [-0.15, -0.1) is 0 Å². The SMILES string of the molecule is CCN(CCCc1ccc(OC(=Nc2ccccc2)OC)cc1)C1CCCCC1. The number of rotatable bonds is 8. The maximum absolute atomic E-state index is 5.78. The van der Waals surface area contributed by atoms with Crippen molar-refractivity contribution in [2.24, 2.45) is 4.99 Å². The van der Waals surface area contributed by atoms with Crippen LogP contribution < -0.4 is 4.74 Å². The first kappa shape index (κ1) is 21.4. The van der Waals surface area contributed by atoms with E-state index < -0.39 is 0 Å². The number of hydrogen-bond donors (Lipinski definition) is 0. The van der Waals surface area contributed by atoms with Gasteiger partial charge in [-0.3, -0.25) is 0 Å². The van der Waals surface area contributed by atoms with Gasteiger partial charge in [-0.1, -0.05) is 56.5 Å². The Labute approximate surface area is 175 Å². The summed E-state index contributed by atoms with van der Waals surface area (Å²) in [7, 11) is 1.57. The number of nitrogens with zero attached hydrogens (tertiary/aromatic N) is 2. The molecule has 0 saturated heterocycles. The van der Waals surface area contributed by atoms with E-state index in [4.69, 9.17) is 9.47 Å². The lowest BCUT2D eigenvalue weighted by molar-refractivity contribution is 0.162. The number of ether oxygens (including phenoxy) is 2. The van der Waals surface area contributed by atoms with Gasteiger partial charge in [0.2, 0.25) is 0 Å². The fourth-order valence-electron chi connectivity index (χ4n) is 4.07. The second-order valence-corrected chi connectivity index (χ2v) is 7.69. The zero-order valence-corrected chi connectivity index (χ0v) is 17.8. The second-order valence-electron chi connectivity index (χ2n) is 7.69. The Balaban J connectivity index is 1.48. The molecule has 0 aromatic heterocycles. The highest BCUT2D eigenvalue weighted by Gasteiger charge is 2.19. The van der Waals surface area contributed by atoms with Gasteiger partial charge in [0.15, 0.2) is 0 Å². The number of aliphatic imine (C=N–C) groups is 1. The van der Waals surface area contributed by atoms with Crippen LogP contribution in [0.4, 0.5) is 5.69 Å². The van der Waals surface area contributed by atoms with Crippen LogP contribution in [0.3, 0.4) is 0 Å². The molecule has 3 rings (SSSR count). The zero-order chi connectivity index (χ0) is 20.3. The molecule has 0 atom stereocenters. The van der Waals surface area contributed by atoms with Gasteiger partial charge >= 0.3 is 6.08 Å². The normalized spacial score (nSPS) is 15.5. The van der Waals surface area contributed by atoms with Gasteiger partial charge in [-0.25, -0.2) is 0 Å². The van der Waals surface area contributed by atoms with Gasteiger partial charge in [-0.2, -0.15) is 4.99 Å². The predicted octanol–water partition coefficient (Wildman–Crippen LogP) is 5.99. The lowest BCUT2D eigenvalue weighted by Crippen LogP contribution is -2.37. The third-order valence-corrected chi connectivity index (χ3v) is 5.69. The smallest absolute Gasteiger partial charge is 0.394 e. The summed E-state index contributed by atoms with van der Waals surface area (Å²) in [6.07, 6.45) is 9.53. The van der Waals surface area contributed by atoms with E-state index in [2.05, 4.69) is 28.9 Å². The van der Waals surface area contributed by atoms with Crippen LogP contribution in [0.5, 0.6) is 5.75 Å². The van der Waals surface area contributed by atoms with Crippen molar-refractivity contribution in [2.45, 2.75) is 57.9 Å². The van der Waals surface area contributed by atoms with Gasteiger partial charge in [0.05, 0.1) is 12.8 Å². The third kappa shape index (κ3) is 6.90. The van der Waals surface area contributed by atoms with Crippen molar-refractivity contribution in [3.63, 3.8) is 0 Å². The molecule has 156 valence electrons. The number of methoxy groups -OCH3 is 1. The largest absolute Gasteiger partial charge is 0.453 e. The van der Waals surface area contributed by atoms with Crippen molar-refractivity contribution in [2.75, 3.05) is 20.2 Å². The van der Waals surface area contributed by atoms with Crippen molar-refractivity contribution in [1.82, 2.24) is 4.90 Å². The lowest BCUT2D eigenvalue weighted by atomic mass is 9.94. The first-order valence-corrected chi connectivity index (χ1v) is 11.0. The minimum Gasteiger partial charge on any atom is -0.453 e. The van der Waals surface area contributed by atoms with E-state index in [-0.39, 0.29) is 6.08 Å². The second kappa shape index (κ2) is 11.6. The van der Waals surface area contributed by atoms with Gasteiger partial charge in [0.25, 0.3) is 0 Å². The van der Waals surface area contributed by atoms with E-state index in [0.717, 1.165) is 30.4 Å². The number of aryl methyl sites for hydroxylation is 1. The first-order valence-electron chi connectivity index (χ1n) is 11.0. The van der Waals surface area contributed by atoms with Crippen molar-refractivity contribution < 1.29 is 9.47 Å². The van der Waals surface area contributed by atoms with Crippen LogP contribution in [0, 0.1) is 0 Å². The first-order chi connectivity index (χ1) is 14.3. The van der Waals surface area contributed by atoms with E-state index in [1.54, 1.807) is 7.11 Å². The average Bonchev–Trinajstić information content (AvgIpc) is 2.78. The molecule has 2 aromatic carbocycles. The fourth-order valence-corrected chi connectivity index (χ4v) is 4.07. The monoisotopic (exact) mass is 394 g/mol. The third-order valence-electron chi connectivity index (χ3n) is 5.69. The van der Waals surface area contributed by atoms with Gasteiger partial charge in [0.1, 0.15) is 5.75 Å². The van der Waals surface area contributed by atoms with Gasteiger partial charge in [-0.05, 0) is 68.6 Å². The summed E-state index contributed by atoms with van der Waals surface area (Å²) in [6, 6.07) is 18.7. The Bertz CT molecular complexity index is 737. The molecule has 0 unspecified atom stereocenters. The molecule has 0 N–H and O–H groups in total. The Morgan fingerprint density at radius 2 is 1.72 bits per heavy atom. The average molecular weight is 395 g/mol. The Hall–Kier alpha value is -2.33. The Morgan fingerprint density at radius 1 is 1.00 bits per heavy atom. The lowest BCUT2D eigenvalue weighted by Gasteiger charge is -2.33. The molecule has 2 aromatic rings. The standard InChI is InChI=1S/C25H34N2O2/c1-3-27(23-14-8-5-9-15-23)20-10-11-21-16-18-24(19-17-21)29-25(28-2)26-22-12-6-4-7-13-22/h4,6-7,12-13,16-19,23H,3,5,8-11,14-15,20H2,1-2H3. The molecular formula is C25H34N2O2. The Morgan fingerprint density at radius 3 is 2.38 bits per heavy atom. The number of benzene rings is 2. The van der Waals surface area contributed by atoms with Gasteiger partial charge in [0, 0.05) is 6.04 Å². The maximum Gasteiger partial charge on any atom is 0.394 e. The Kier molecular flexibility index (Phi) is 8.57. The minimum atomic E-state index is 0.245. The van der Waals surface area contributed by atoms with Crippen LogP contribution in [0.1, 0.15) is 51.0 Å². The maximum atomic E-state index is 5.78. The molecule has 1 aliphatic carbocycles. The van der Waals surface area contributed by atoms with Crippen molar-refractivity contribution in [3.05, 3.63) is 60.2 Å². The molecule has 1 fully saturated rings. The fraction of sp³-hybridized carbons (Fsp3) is 0.480. The summed E-state index contributed by atoms with van der Waals surface area (Å²) < 4.78 is 11.1. The van der Waals surface area contributed by atoms with Crippen LogP contribution in [0.15, 0.2) is 59.6 Å². The van der Waals surface area contributed by atoms with Crippen LogP contribution in [-0.4, -0.2) is 37.2 Å². The summed E-state index contributed by atoms with van der Waals surface area (Å²) >= 11 is 0. The predicted molar refractivity (Wildman–Crippen MR) is 120 cm³/mol. The molecule has 4 nitrogen and oxygen atoms in total. The van der Waals surface area contributed by atoms with Crippen molar-refractivity contribution in [3.8, 4) is 5.75 Å². The summed E-state index contributed by atoms with van der Waals surface area (Å²) in [5.41, 5.74) is 2.15. The van der Waals surface area contributed by atoms with Gasteiger partial charge < -0.3 is 14.4 Å². The molecule has 0 heterocycles. The van der Waals surface area contributed by atoms with Crippen LogP contribution in [-0.2, 0) is 11.2 Å². The zero-order valence-electron chi connectivity index (χ0n) is 17.8. The van der Waals surface area contributed by atoms with E-state index in [1.807, 2.05) is 42.5 Å². The highest BCUT2D eigenvalue weighted by molar-refractivity contribution is 5.73. The molecule has 0 spiro atoms. The quantitative estimate of drug-likeness (QED) is 0.407. The molecule has 4 heteroatoms. The summed E-state index contributed by atoms with van der Waals surface area (Å²) in [5, 5.41) is 0.